The lowest BCUT2D eigenvalue weighted by Gasteiger charge is -2.20. The van der Waals surface area contributed by atoms with Gasteiger partial charge in [0.05, 0.1) is 23.5 Å². The van der Waals surface area contributed by atoms with Crippen LogP contribution >= 0.6 is 0 Å². The van der Waals surface area contributed by atoms with Crippen LogP contribution in [0.25, 0.3) is 10.9 Å². The molecule has 0 radical (unpaired) electrons. The third-order valence-corrected chi connectivity index (χ3v) is 5.28. The Morgan fingerprint density at radius 3 is 2.58 bits per heavy atom. The van der Waals surface area contributed by atoms with E-state index < -0.39 is 46.9 Å². The fourth-order valence-electron chi connectivity index (χ4n) is 3.23. The van der Waals surface area contributed by atoms with Crippen LogP contribution in [-0.2, 0) is 14.5 Å². The van der Waals surface area contributed by atoms with Gasteiger partial charge in [0.2, 0.25) is 0 Å². The van der Waals surface area contributed by atoms with E-state index in [0.29, 0.717) is 22.2 Å². The van der Waals surface area contributed by atoms with Gasteiger partial charge >= 0.3 is 6.18 Å². The summed E-state index contributed by atoms with van der Waals surface area (Å²) in [7, 11) is -2.42. The number of hydrogen-bond acceptors (Lipinski definition) is 8. The molecule has 0 fully saturated rings. The maximum atomic E-state index is 14.0. The molecule has 1 atom stereocenters. The van der Waals surface area contributed by atoms with Crippen LogP contribution in [0.1, 0.15) is 5.56 Å². The molecule has 2 aromatic carbocycles. The summed E-state index contributed by atoms with van der Waals surface area (Å²) in [4.78, 5) is 20.5. The number of hydrogen-bond donors (Lipinski definition) is 3. The van der Waals surface area contributed by atoms with E-state index in [4.69, 9.17) is 4.74 Å². The molecule has 3 rings (SSSR count). The average molecular weight is 530 g/mol. The first-order valence-corrected chi connectivity index (χ1v) is 12.7. The highest BCUT2D eigenvalue weighted by Gasteiger charge is 2.30. The molecule has 0 spiro atoms. The van der Waals surface area contributed by atoms with Crippen molar-refractivity contribution in [1.29, 1.82) is 0 Å². The van der Waals surface area contributed by atoms with E-state index in [-0.39, 0.29) is 17.3 Å². The number of rotatable bonds is 8. The molecular weight excluding hydrogens is 506 g/mol. The molecule has 1 amide bonds. The van der Waals surface area contributed by atoms with Crippen LogP contribution < -0.4 is 15.4 Å². The zero-order valence-electron chi connectivity index (χ0n) is 19.4. The van der Waals surface area contributed by atoms with Crippen molar-refractivity contribution in [1.82, 2.24) is 15.3 Å². The number of anilines is 2. The second kappa shape index (κ2) is 10.6. The normalized spacial score (nSPS) is 12.8. The first kappa shape index (κ1) is 27.1. The number of nitrogens with zero attached hydrogens (tertiary/aromatic N) is 3. The summed E-state index contributed by atoms with van der Waals surface area (Å²) in [6.07, 6.45) is -2.14. The summed E-state index contributed by atoms with van der Waals surface area (Å²) < 4.78 is 72.9. The van der Waals surface area contributed by atoms with Gasteiger partial charge in [-0.15, -0.1) is 0 Å². The van der Waals surface area contributed by atoms with Gasteiger partial charge in [0.1, 0.15) is 30.3 Å². The third-order valence-electron chi connectivity index (χ3n) is 4.63. The molecule has 0 bridgehead atoms. The molecule has 9 nitrogen and oxygen atoms in total. The maximum absolute atomic E-state index is 14.0. The van der Waals surface area contributed by atoms with Gasteiger partial charge in [-0.2, -0.15) is 17.5 Å². The maximum Gasteiger partial charge on any atom is 0.405 e. The number of nitrogens with one attached hydrogen (secondary N) is 2. The molecule has 0 aliphatic carbocycles. The number of benzene rings is 2. The Hall–Kier alpha value is -3.52. The lowest BCUT2D eigenvalue weighted by Crippen LogP contribution is -2.44. The fraction of sp³-hybridized carbons (Fsp3) is 0.318. The predicted octanol–water partition coefficient (Wildman–Crippen LogP) is 3.60. The van der Waals surface area contributed by atoms with Crippen LogP contribution in [0.15, 0.2) is 41.0 Å². The molecule has 14 heteroatoms. The van der Waals surface area contributed by atoms with E-state index in [2.05, 4.69) is 19.6 Å². The number of amides is 1. The number of aliphatic hydroxyl groups excluding tert-OH is 1. The van der Waals surface area contributed by atoms with Crippen LogP contribution in [-0.4, -0.2) is 63.1 Å². The SMILES string of the molecule is Cc1cc(N=S(C)(C)=O)cc2ncnc(Nc3ccc(F)cc3O[C@H](CO)C(=O)NCC(F)(F)F)c12. The van der Waals surface area contributed by atoms with Crippen molar-refractivity contribution in [2.75, 3.05) is 31.0 Å². The van der Waals surface area contributed by atoms with Crippen molar-refractivity contribution in [3.8, 4) is 5.75 Å². The molecule has 0 saturated carbocycles. The average Bonchev–Trinajstić information content (AvgIpc) is 2.75. The molecule has 194 valence electrons. The van der Waals surface area contributed by atoms with Crippen molar-refractivity contribution in [3.63, 3.8) is 0 Å². The number of carbonyl (C=O) groups is 1. The molecular formula is C22H23F4N5O4S. The Balaban J connectivity index is 1.95. The second-order valence-corrected chi connectivity index (χ2v) is 10.6. The van der Waals surface area contributed by atoms with Crippen LogP contribution in [0.5, 0.6) is 5.75 Å². The molecule has 1 heterocycles. The van der Waals surface area contributed by atoms with E-state index in [1.165, 1.54) is 24.9 Å². The molecule has 0 aliphatic heterocycles. The zero-order chi connectivity index (χ0) is 26.7. The van der Waals surface area contributed by atoms with Crippen LogP contribution in [0.4, 0.5) is 34.8 Å². The fourth-order valence-corrected chi connectivity index (χ4v) is 3.84. The molecule has 3 N–H and O–H groups in total. The monoisotopic (exact) mass is 529 g/mol. The van der Waals surface area contributed by atoms with Crippen molar-refractivity contribution >= 4 is 43.7 Å². The van der Waals surface area contributed by atoms with Crippen LogP contribution in [0, 0.1) is 12.7 Å². The summed E-state index contributed by atoms with van der Waals surface area (Å²) in [5, 5.41) is 14.6. The summed E-state index contributed by atoms with van der Waals surface area (Å²) in [6, 6.07) is 6.60. The van der Waals surface area contributed by atoms with Gasteiger partial charge in [0.25, 0.3) is 5.91 Å². The largest absolute Gasteiger partial charge is 0.476 e. The van der Waals surface area contributed by atoms with E-state index in [1.54, 1.807) is 24.4 Å². The summed E-state index contributed by atoms with van der Waals surface area (Å²) in [5.74, 6) is -1.95. The van der Waals surface area contributed by atoms with Gasteiger partial charge in [-0.1, -0.05) is 0 Å². The van der Waals surface area contributed by atoms with E-state index in [0.717, 1.165) is 12.1 Å². The Labute approximate surface area is 204 Å². The Morgan fingerprint density at radius 1 is 1.22 bits per heavy atom. The number of alkyl halides is 3. The zero-order valence-corrected chi connectivity index (χ0v) is 20.2. The Bertz CT molecular complexity index is 1400. The lowest BCUT2D eigenvalue weighted by atomic mass is 10.1. The van der Waals surface area contributed by atoms with Gasteiger partial charge in [-0.05, 0) is 36.8 Å². The summed E-state index contributed by atoms with van der Waals surface area (Å²) >= 11 is 0. The molecule has 0 saturated heterocycles. The second-order valence-electron chi connectivity index (χ2n) is 8.04. The predicted molar refractivity (Wildman–Crippen MR) is 127 cm³/mol. The highest BCUT2D eigenvalue weighted by Crippen LogP contribution is 2.34. The van der Waals surface area contributed by atoms with Crippen molar-refractivity contribution in [2.45, 2.75) is 19.2 Å². The first-order chi connectivity index (χ1) is 16.8. The number of ether oxygens (including phenoxy) is 1. The highest BCUT2D eigenvalue weighted by atomic mass is 32.2. The number of halogens is 4. The number of aromatic nitrogens is 2. The van der Waals surface area contributed by atoms with E-state index in [1.807, 2.05) is 0 Å². The minimum absolute atomic E-state index is 0.122. The highest BCUT2D eigenvalue weighted by molar-refractivity contribution is 7.92. The summed E-state index contributed by atoms with van der Waals surface area (Å²) in [6.45, 7) is -0.817. The van der Waals surface area contributed by atoms with E-state index in [9.17, 15) is 31.7 Å². The minimum atomic E-state index is -4.66. The van der Waals surface area contributed by atoms with Crippen molar-refractivity contribution in [3.05, 3.63) is 48.0 Å². The Kier molecular flexibility index (Phi) is 7.99. The quantitative estimate of drug-likeness (QED) is 0.381. The number of carbonyl (C=O) groups excluding carboxylic acids is 1. The van der Waals surface area contributed by atoms with Crippen molar-refractivity contribution < 1.29 is 36.4 Å². The van der Waals surface area contributed by atoms with Gasteiger partial charge < -0.3 is 20.5 Å². The standard InChI is InChI=1S/C22H23F4N5O4S/c1-12-6-14(31-36(2,3)34)8-16-19(12)20(29-11-28-16)30-15-5-4-13(23)7-17(15)35-18(9-32)21(33)27-10-22(24,25)26/h4-8,11,18,32H,9-10H2,1-3H3,(H,27,33)(H,28,29,30)/t18-/m1/s1. The molecule has 3 aromatic rings. The lowest BCUT2D eigenvalue weighted by molar-refractivity contribution is -0.143. The van der Waals surface area contributed by atoms with Crippen molar-refractivity contribution in [2.24, 2.45) is 4.36 Å². The van der Waals surface area contributed by atoms with Gasteiger partial charge in [-0.3, -0.25) is 4.79 Å². The molecule has 0 aliphatic rings. The number of fused-ring (bicyclic) bond motifs is 1. The smallest absolute Gasteiger partial charge is 0.405 e. The van der Waals surface area contributed by atoms with Gasteiger partial charge in [-0.25, -0.2) is 18.6 Å². The summed E-state index contributed by atoms with van der Waals surface area (Å²) in [5.41, 5.74) is 1.74. The van der Waals surface area contributed by atoms with Crippen LogP contribution in [0.2, 0.25) is 0 Å². The first-order valence-electron chi connectivity index (χ1n) is 10.4. The number of aliphatic hydroxyl groups is 1. The third kappa shape index (κ3) is 7.24. The van der Waals surface area contributed by atoms with E-state index >= 15 is 0 Å². The Morgan fingerprint density at radius 2 is 1.94 bits per heavy atom. The number of aryl methyl sites for hydroxylation is 1. The van der Waals surface area contributed by atoms with Crippen LogP contribution in [0.3, 0.4) is 0 Å². The molecule has 1 aromatic heterocycles. The van der Waals surface area contributed by atoms with Gasteiger partial charge in [0.15, 0.2) is 6.10 Å². The van der Waals surface area contributed by atoms with Gasteiger partial charge in [0, 0.05) is 33.7 Å². The molecule has 36 heavy (non-hydrogen) atoms. The minimum Gasteiger partial charge on any atom is -0.476 e. The topological polar surface area (TPSA) is 126 Å². The molecule has 0 unspecified atom stereocenters.